The van der Waals surface area contributed by atoms with Gasteiger partial charge in [0.25, 0.3) is 5.91 Å². The number of carbonyl (C=O) groups excluding carboxylic acids is 1. The van der Waals surface area contributed by atoms with Crippen molar-refractivity contribution in [2.24, 2.45) is 0 Å². The Bertz CT molecular complexity index is 629. The molecule has 98 valence electrons. The Morgan fingerprint density at radius 2 is 1.89 bits per heavy atom. The van der Waals surface area contributed by atoms with Crippen LogP contribution in [0.1, 0.15) is 10.4 Å². The lowest BCUT2D eigenvalue weighted by Gasteiger charge is -2.07. The third kappa shape index (κ3) is 2.85. The first kappa shape index (κ1) is 13.4. The van der Waals surface area contributed by atoms with Crippen LogP contribution in [0.3, 0.4) is 0 Å². The number of amides is 1. The van der Waals surface area contributed by atoms with E-state index in [4.69, 9.17) is 11.6 Å². The summed E-state index contributed by atoms with van der Waals surface area (Å²) in [4.78, 5) is 14.7. The second-order valence-corrected chi connectivity index (χ2v) is 3.93. The second-order valence-electron chi connectivity index (χ2n) is 3.52. The summed E-state index contributed by atoms with van der Waals surface area (Å²) >= 11 is 5.69. The number of pyridine rings is 1. The van der Waals surface area contributed by atoms with Gasteiger partial charge >= 0.3 is 0 Å². The van der Waals surface area contributed by atoms with E-state index in [0.29, 0.717) is 0 Å². The number of aromatic nitrogens is 1. The van der Waals surface area contributed by atoms with Gasteiger partial charge in [0, 0.05) is 0 Å². The fourth-order valence-electron chi connectivity index (χ4n) is 1.40. The molecule has 0 atom stereocenters. The molecular formula is C12H6ClF3N2O. The van der Waals surface area contributed by atoms with Gasteiger partial charge in [-0.2, -0.15) is 13.8 Å². The molecule has 1 amide bonds. The molecule has 0 spiro atoms. The summed E-state index contributed by atoms with van der Waals surface area (Å²) in [6.07, 6.45) is 0. The average molecular weight is 287 g/mol. The molecule has 1 aromatic heterocycles. The highest BCUT2D eigenvalue weighted by Crippen LogP contribution is 2.21. The predicted molar refractivity (Wildman–Crippen MR) is 63.5 cm³/mol. The SMILES string of the molecule is O=C(Nc1ccc(F)nc1F)c1c(F)cccc1Cl. The number of anilines is 1. The molecule has 19 heavy (non-hydrogen) atoms. The van der Waals surface area contributed by atoms with Crippen molar-refractivity contribution in [3.63, 3.8) is 0 Å². The number of halogens is 4. The van der Waals surface area contributed by atoms with E-state index in [9.17, 15) is 18.0 Å². The van der Waals surface area contributed by atoms with Crippen molar-refractivity contribution in [1.82, 2.24) is 4.98 Å². The molecule has 2 rings (SSSR count). The van der Waals surface area contributed by atoms with Gasteiger partial charge in [-0.25, -0.2) is 4.39 Å². The lowest BCUT2D eigenvalue weighted by Crippen LogP contribution is -2.16. The van der Waals surface area contributed by atoms with Gasteiger partial charge in [-0.3, -0.25) is 4.79 Å². The summed E-state index contributed by atoms with van der Waals surface area (Å²) in [5.74, 6) is -4.03. The molecule has 2 aromatic rings. The Kier molecular flexibility index (Phi) is 3.71. The van der Waals surface area contributed by atoms with Gasteiger partial charge in [0.1, 0.15) is 5.82 Å². The fraction of sp³-hybridized carbons (Fsp3) is 0. The van der Waals surface area contributed by atoms with Crippen molar-refractivity contribution in [2.45, 2.75) is 0 Å². The monoisotopic (exact) mass is 286 g/mol. The largest absolute Gasteiger partial charge is 0.318 e. The highest BCUT2D eigenvalue weighted by molar-refractivity contribution is 6.34. The Balaban J connectivity index is 2.31. The zero-order chi connectivity index (χ0) is 14.0. The lowest BCUT2D eigenvalue weighted by molar-refractivity contribution is 0.102. The molecule has 0 unspecified atom stereocenters. The third-order valence-electron chi connectivity index (χ3n) is 2.25. The van der Waals surface area contributed by atoms with E-state index in [1.807, 2.05) is 0 Å². The maximum Gasteiger partial charge on any atom is 0.260 e. The Morgan fingerprint density at radius 3 is 2.53 bits per heavy atom. The van der Waals surface area contributed by atoms with Crippen molar-refractivity contribution >= 4 is 23.2 Å². The highest BCUT2D eigenvalue weighted by atomic mass is 35.5. The predicted octanol–water partition coefficient (Wildman–Crippen LogP) is 3.40. The molecule has 0 aliphatic heterocycles. The van der Waals surface area contributed by atoms with Crippen LogP contribution in [0.2, 0.25) is 5.02 Å². The van der Waals surface area contributed by atoms with Gasteiger partial charge in [0.2, 0.25) is 11.9 Å². The zero-order valence-corrected chi connectivity index (χ0v) is 10.0. The molecule has 1 N–H and O–H groups in total. The minimum Gasteiger partial charge on any atom is -0.318 e. The zero-order valence-electron chi connectivity index (χ0n) is 9.25. The number of hydrogen-bond acceptors (Lipinski definition) is 2. The van der Waals surface area contributed by atoms with Crippen LogP contribution in [0.25, 0.3) is 0 Å². The van der Waals surface area contributed by atoms with Crippen LogP contribution in [0.4, 0.5) is 18.9 Å². The first-order valence-corrected chi connectivity index (χ1v) is 5.44. The second kappa shape index (κ2) is 5.27. The number of rotatable bonds is 2. The van der Waals surface area contributed by atoms with Crippen LogP contribution in [0, 0.1) is 17.7 Å². The topological polar surface area (TPSA) is 42.0 Å². The Morgan fingerprint density at radius 1 is 1.16 bits per heavy atom. The van der Waals surface area contributed by atoms with E-state index in [-0.39, 0.29) is 10.7 Å². The van der Waals surface area contributed by atoms with Crippen molar-refractivity contribution < 1.29 is 18.0 Å². The van der Waals surface area contributed by atoms with Crippen molar-refractivity contribution in [2.75, 3.05) is 5.32 Å². The molecule has 7 heteroatoms. The molecule has 0 fully saturated rings. The van der Waals surface area contributed by atoms with Crippen LogP contribution in [-0.2, 0) is 0 Å². The van der Waals surface area contributed by atoms with E-state index in [2.05, 4.69) is 10.3 Å². The van der Waals surface area contributed by atoms with E-state index in [0.717, 1.165) is 18.2 Å². The molecule has 0 saturated heterocycles. The molecular weight excluding hydrogens is 281 g/mol. The van der Waals surface area contributed by atoms with E-state index in [1.165, 1.54) is 12.1 Å². The third-order valence-corrected chi connectivity index (χ3v) is 2.57. The van der Waals surface area contributed by atoms with Crippen LogP contribution in [0.5, 0.6) is 0 Å². The number of hydrogen-bond donors (Lipinski definition) is 1. The summed E-state index contributed by atoms with van der Waals surface area (Å²) in [6, 6.07) is 5.53. The lowest BCUT2D eigenvalue weighted by atomic mass is 10.2. The summed E-state index contributed by atoms with van der Waals surface area (Å²) in [7, 11) is 0. The van der Waals surface area contributed by atoms with Gasteiger partial charge in [-0.05, 0) is 24.3 Å². The van der Waals surface area contributed by atoms with Gasteiger partial charge < -0.3 is 5.32 Å². The summed E-state index contributed by atoms with van der Waals surface area (Å²) in [5.41, 5.74) is -0.793. The quantitative estimate of drug-likeness (QED) is 0.860. The summed E-state index contributed by atoms with van der Waals surface area (Å²) in [6.45, 7) is 0. The molecule has 0 radical (unpaired) electrons. The molecule has 0 saturated carbocycles. The molecule has 0 bridgehead atoms. The first-order valence-electron chi connectivity index (χ1n) is 5.06. The van der Waals surface area contributed by atoms with Gasteiger partial charge in [0.15, 0.2) is 0 Å². The molecule has 1 aromatic carbocycles. The Labute approximate surface area is 111 Å². The average Bonchev–Trinajstić information content (AvgIpc) is 2.32. The van der Waals surface area contributed by atoms with Crippen molar-refractivity contribution in [1.29, 1.82) is 0 Å². The molecule has 3 nitrogen and oxygen atoms in total. The van der Waals surface area contributed by atoms with E-state index >= 15 is 0 Å². The summed E-state index contributed by atoms with van der Waals surface area (Å²) in [5, 5.41) is 1.95. The molecule has 0 aliphatic carbocycles. The van der Waals surface area contributed by atoms with E-state index < -0.39 is 29.2 Å². The number of benzene rings is 1. The Hall–Kier alpha value is -2.08. The van der Waals surface area contributed by atoms with Crippen molar-refractivity contribution in [3.05, 3.63) is 58.6 Å². The smallest absolute Gasteiger partial charge is 0.260 e. The minimum atomic E-state index is -1.21. The van der Waals surface area contributed by atoms with Gasteiger partial charge in [-0.15, -0.1) is 0 Å². The molecule has 1 heterocycles. The normalized spacial score (nSPS) is 10.3. The fourth-order valence-corrected chi connectivity index (χ4v) is 1.65. The number of carbonyl (C=O) groups is 1. The van der Waals surface area contributed by atoms with Crippen LogP contribution >= 0.6 is 11.6 Å². The molecule has 0 aliphatic rings. The number of nitrogens with zero attached hydrogens (tertiary/aromatic N) is 1. The van der Waals surface area contributed by atoms with Crippen LogP contribution in [-0.4, -0.2) is 10.9 Å². The highest BCUT2D eigenvalue weighted by Gasteiger charge is 2.17. The van der Waals surface area contributed by atoms with E-state index in [1.54, 1.807) is 0 Å². The van der Waals surface area contributed by atoms with Gasteiger partial charge in [-0.1, -0.05) is 17.7 Å². The van der Waals surface area contributed by atoms with Gasteiger partial charge in [0.05, 0.1) is 16.3 Å². The van der Waals surface area contributed by atoms with Crippen LogP contribution in [0.15, 0.2) is 30.3 Å². The first-order chi connectivity index (χ1) is 8.99. The van der Waals surface area contributed by atoms with Crippen molar-refractivity contribution in [3.8, 4) is 0 Å². The maximum absolute atomic E-state index is 13.5. The number of nitrogens with one attached hydrogen (secondary N) is 1. The standard InChI is InChI=1S/C12H6ClF3N2O/c13-6-2-1-3-7(14)10(6)12(19)17-8-4-5-9(15)18-11(8)16/h1-5H,(H,17,19). The summed E-state index contributed by atoms with van der Waals surface area (Å²) < 4.78 is 39.3. The van der Waals surface area contributed by atoms with Crippen LogP contribution < -0.4 is 5.32 Å². The minimum absolute atomic E-state index is 0.118. The maximum atomic E-state index is 13.5.